The largest absolute Gasteiger partial charge is 0.494 e. The number of nitrogens with zero attached hydrogens (tertiary/aromatic N) is 2. The van der Waals surface area contributed by atoms with Gasteiger partial charge in [0, 0.05) is 34.1 Å². The summed E-state index contributed by atoms with van der Waals surface area (Å²) in [6, 6.07) is 13.4. The number of carbonyl (C=O) groups excluding carboxylic acids is 1. The molecule has 2 heterocycles. The Bertz CT molecular complexity index is 1030. The summed E-state index contributed by atoms with van der Waals surface area (Å²) in [6.07, 6.45) is 0.755. The summed E-state index contributed by atoms with van der Waals surface area (Å²) in [6.45, 7) is 5.73. The molecule has 1 aliphatic heterocycles. The third-order valence-electron chi connectivity index (χ3n) is 4.94. The zero-order valence-corrected chi connectivity index (χ0v) is 17.9. The number of hydrogen-bond donors (Lipinski definition) is 1. The number of nitrogens with one attached hydrogen (secondary N) is 1. The number of anilines is 1. The Morgan fingerprint density at radius 3 is 2.83 bits per heavy atom. The lowest BCUT2D eigenvalue weighted by molar-refractivity contribution is 0.207. The molecule has 0 atom stereocenters. The predicted molar refractivity (Wildman–Crippen MR) is 118 cm³/mol. The predicted octanol–water partition coefficient (Wildman–Crippen LogP) is 5.76. The number of benzene rings is 2. The van der Waals surface area contributed by atoms with Crippen molar-refractivity contribution in [3.63, 3.8) is 0 Å². The fourth-order valence-corrected chi connectivity index (χ4v) is 4.59. The van der Waals surface area contributed by atoms with E-state index in [2.05, 4.69) is 5.32 Å². The molecule has 0 saturated heterocycles. The topological polar surface area (TPSA) is 54.5 Å². The van der Waals surface area contributed by atoms with Gasteiger partial charge in [-0.05, 0) is 55.8 Å². The standard InChI is InChI=1S/C22H22ClN3O2S/c1-3-28-16-9-7-15(8-10-16)21-24-19-11-12-26(13-20(19)29-21)22(27)25-18-6-4-5-17(23)14(18)2/h4-10H,3,11-13H2,1-2H3,(H,25,27). The molecule has 0 fully saturated rings. The molecule has 29 heavy (non-hydrogen) atoms. The van der Waals surface area contributed by atoms with Crippen molar-refractivity contribution in [3.8, 4) is 16.3 Å². The molecular weight excluding hydrogens is 406 g/mol. The van der Waals surface area contributed by atoms with E-state index < -0.39 is 0 Å². The molecular formula is C22H22ClN3O2S. The number of halogens is 1. The average Bonchev–Trinajstić information content (AvgIpc) is 3.15. The van der Waals surface area contributed by atoms with Gasteiger partial charge in [0.1, 0.15) is 10.8 Å². The van der Waals surface area contributed by atoms with Crippen molar-refractivity contribution in [2.45, 2.75) is 26.8 Å². The Labute approximate surface area is 179 Å². The lowest BCUT2D eigenvalue weighted by Gasteiger charge is -2.26. The van der Waals surface area contributed by atoms with Crippen LogP contribution in [0.1, 0.15) is 23.1 Å². The molecule has 3 aromatic rings. The molecule has 2 aromatic carbocycles. The van der Waals surface area contributed by atoms with Gasteiger partial charge in [0.25, 0.3) is 0 Å². The molecule has 0 unspecified atom stereocenters. The van der Waals surface area contributed by atoms with E-state index in [1.165, 1.54) is 0 Å². The van der Waals surface area contributed by atoms with Crippen LogP contribution < -0.4 is 10.1 Å². The Kier molecular flexibility index (Phi) is 5.74. The van der Waals surface area contributed by atoms with Gasteiger partial charge in [-0.3, -0.25) is 0 Å². The van der Waals surface area contributed by atoms with Crippen molar-refractivity contribution in [1.82, 2.24) is 9.88 Å². The zero-order chi connectivity index (χ0) is 20.4. The maximum Gasteiger partial charge on any atom is 0.322 e. The van der Waals surface area contributed by atoms with E-state index in [0.29, 0.717) is 24.7 Å². The molecule has 0 aliphatic carbocycles. The molecule has 1 aromatic heterocycles. The first-order valence-electron chi connectivity index (χ1n) is 9.58. The van der Waals surface area contributed by atoms with Gasteiger partial charge in [0.15, 0.2) is 0 Å². The maximum absolute atomic E-state index is 12.8. The quantitative estimate of drug-likeness (QED) is 0.575. The van der Waals surface area contributed by atoms with Gasteiger partial charge in [-0.2, -0.15) is 0 Å². The second-order valence-corrected chi connectivity index (χ2v) is 8.35. The first-order chi connectivity index (χ1) is 14.0. The van der Waals surface area contributed by atoms with Gasteiger partial charge >= 0.3 is 6.03 Å². The molecule has 0 spiro atoms. The number of carbonyl (C=O) groups is 1. The van der Waals surface area contributed by atoms with Crippen molar-refractivity contribution in [2.75, 3.05) is 18.5 Å². The maximum atomic E-state index is 12.8. The molecule has 7 heteroatoms. The molecule has 1 N–H and O–H groups in total. The van der Waals surface area contributed by atoms with Crippen molar-refractivity contribution in [1.29, 1.82) is 0 Å². The molecule has 0 saturated carbocycles. The summed E-state index contributed by atoms with van der Waals surface area (Å²) in [4.78, 5) is 20.5. The summed E-state index contributed by atoms with van der Waals surface area (Å²) in [7, 11) is 0. The van der Waals surface area contributed by atoms with Gasteiger partial charge in [-0.25, -0.2) is 9.78 Å². The van der Waals surface area contributed by atoms with Gasteiger partial charge in [-0.1, -0.05) is 17.7 Å². The fraction of sp³-hybridized carbons (Fsp3) is 0.273. The van der Waals surface area contributed by atoms with Crippen molar-refractivity contribution in [3.05, 3.63) is 63.6 Å². The fourth-order valence-electron chi connectivity index (χ4n) is 3.29. The van der Waals surface area contributed by atoms with E-state index in [4.69, 9.17) is 21.3 Å². The van der Waals surface area contributed by atoms with Crippen LogP contribution in [0.3, 0.4) is 0 Å². The van der Waals surface area contributed by atoms with E-state index in [0.717, 1.165) is 44.6 Å². The Balaban J connectivity index is 1.47. The number of thiazole rings is 1. The monoisotopic (exact) mass is 427 g/mol. The van der Waals surface area contributed by atoms with Crippen LogP contribution in [0.15, 0.2) is 42.5 Å². The van der Waals surface area contributed by atoms with Crippen molar-refractivity contribution < 1.29 is 9.53 Å². The summed E-state index contributed by atoms with van der Waals surface area (Å²) < 4.78 is 5.51. The minimum atomic E-state index is -0.114. The summed E-state index contributed by atoms with van der Waals surface area (Å²) >= 11 is 7.80. The van der Waals surface area contributed by atoms with E-state index >= 15 is 0 Å². The molecule has 0 radical (unpaired) electrons. The third kappa shape index (κ3) is 4.23. The number of hydrogen-bond acceptors (Lipinski definition) is 4. The Hall–Kier alpha value is -2.57. The van der Waals surface area contributed by atoms with Crippen LogP contribution >= 0.6 is 22.9 Å². The molecule has 4 rings (SSSR count). The van der Waals surface area contributed by atoms with Crippen LogP contribution in [0.25, 0.3) is 10.6 Å². The van der Waals surface area contributed by atoms with Crippen LogP contribution in [0.4, 0.5) is 10.5 Å². The summed E-state index contributed by atoms with van der Waals surface area (Å²) in [5, 5.41) is 4.60. The number of ether oxygens (including phenoxy) is 1. The first-order valence-corrected chi connectivity index (χ1v) is 10.8. The van der Waals surface area contributed by atoms with Crippen LogP contribution in [0, 0.1) is 6.92 Å². The van der Waals surface area contributed by atoms with E-state index in [9.17, 15) is 4.79 Å². The molecule has 1 aliphatic rings. The number of urea groups is 1. The number of amides is 2. The average molecular weight is 428 g/mol. The third-order valence-corrected chi connectivity index (χ3v) is 6.48. The second-order valence-electron chi connectivity index (χ2n) is 6.86. The van der Waals surface area contributed by atoms with Crippen LogP contribution in [-0.4, -0.2) is 29.1 Å². The zero-order valence-electron chi connectivity index (χ0n) is 16.4. The number of rotatable bonds is 4. The van der Waals surface area contributed by atoms with E-state index in [1.807, 2.05) is 61.2 Å². The number of fused-ring (bicyclic) bond motifs is 1. The Morgan fingerprint density at radius 2 is 2.07 bits per heavy atom. The lowest BCUT2D eigenvalue weighted by atomic mass is 10.1. The van der Waals surface area contributed by atoms with Gasteiger partial charge < -0.3 is 15.0 Å². The molecule has 0 bridgehead atoms. The van der Waals surface area contributed by atoms with Gasteiger partial charge in [0.2, 0.25) is 0 Å². The highest BCUT2D eigenvalue weighted by molar-refractivity contribution is 7.15. The molecule has 150 valence electrons. The Morgan fingerprint density at radius 1 is 1.28 bits per heavy atom. The highest BCUT2D eigenvalue weighted by Crippen LogP contribution is 2.33. The minimum Gasteiger partial charge on any atom is -0.494 e. The molecule has 2 amide bonds. The highest BCUT2D eigenvalue weighted by Gasteiger charge is 2.25. The second kappa shape index (κ2) is 8.43. The van der Waals surface area contributed by atoms with Gasteiger partial charge in [0.05, 0.1) is 18.8 Å². The van der Waals surface area contributed by atoms with Crippen LogP contribution in [-0.2, 0) is 13.0 Å². The molecule has 5 nitrogen and oxygen atoms in total. The highest BCUT2D eigenvalue weighted by atomic mass is 35.5. The smallest absolute Gasteiger partial charge is 0.322 e. The van der Waals surface area contributed by atoms with Crippen molar-refractivity contribution >= 4 is 34.7 Å². The van der Waals surface area contributed by atoms with E-state index in [-0.39, 0.29) is 6.03 Å². The summed E-state index contributed by atoms with van der Waals surface area (Å²) in [5.41, 5.74) is 3.77. The SMILES string of the molecule is CCOc1ccc(-c2nc3c(s2)CN(C(=O)Nc2cccc(Cl)c2C)CC3)cc1. The number of aromatic nitrogens is 1. The van der Waals surface area contributed by atoms with Crippen LogP contribution in [0.2, 0.25) is 5.02 Å². The normalized spacial score (nSPS) is 13.1. The van der Waals surface area contributed by atoms with Crippen molar-refractivity contribution in [2.24, 2.45) is 0 Å². The van der Waals surface area contributed by atoms with Gasteiger partial charge in [-0.15, -0.1) is 11.3 Å². The summed E-state index contributed by atoms with van der Waals surface area (Å²) in [5.74, 6) is 0.858. The minimum absolute atomic E-state index is 0.114. The lowest BCUT2D eigenvalue weighted by Crippen LogP contribution is -2.38. The van der Waals surface area contributed by atoms with Crippen LogP contribution in [0.5, 0.6) is 5.75 Å². The first kappa shape index (κ1) is 19.7. The van der Waals surface area contributed by atoms with E-state index in [1.54, 1.807) is 11.3 Å².